The summed E-state index contributed by atoms with van der Waals surface area (Å²) in [6.45, 7) is 2.98. The smallest absolute Gasteiger partial charge is 0.257 e. The van der Waals surface area contributed by atoms with Crippen LogP contribution in [-0.2, 0) is 0 Å². The molecule has 2 N–H and O–H groups in total. The van der Waals surface area contributed by atoms with Gasteiger partial charge in [-0.05, 0) is 31.5 Å². The van der Waals surface area contributed by atoms with E-state index >= 15 is 0 Å². The van der Waals surface area contributed by atoms with Gasteiger partial charge in [-0.1, -0.05) is 0 Å². The second-order valence-electron chi connectivity index (χ2n) is 5.44. The van der Waals surface area contributed by atoms with Crippen LogP contribution in [0.25, 0.3) is 0 Å². The van der Waals surface area contributed by atoms with Crippen molar-refractivity contribution in [3.8, 4) is 0 Å². The number of piperazine rings is 1. The summed E-state index contributed by atoms with van der Waals surface area (Å²) >= 11 is 0. The molecule has 2 aliphatic heterocycles. The van der Waals surface area contributed by atoms with E-state index in [-0.39, 0.29) is 11.3 Å². The molecule has 0 aromatic heterocycles. The van der Waals surface area contributed by atoms with Crippen LogP contribution in [0.4, 0.5) is 14.5 Å². The van der Waals surface area contributed by atoms with Crippen LogP contribution in [0.1, 0.15) is 23.2 Å². The van der Waals surface area contributed by atoms with Gasteiger partial charge in [-0.2, -0.15) is 0 Å². The molecule has 2 aliphatic rings. The van der Waals surface area contributed by atoms with Crippen molar-refractivity contribution in [2.75, 3.05) is 31.9 Å². The Morgan fingerprint density at radius 2 is 2.05 bits per heavy atom. The highest BCUT2D eigenvalue weighted by atomic mass is 19.1. The summed E-state index contributed by atoms with van der Waals surface area (Å²) in [5.41, 5.74) is 4.78. The Morgan fingerprint density at radius 1 is 1.25 bits per heavy atom. The van der Waals surface area contributed by atoms with Crippen LogP contribution in [0, 0.1) is 11.6 Å². The number of fused-ring (bicyclic) bond motifs is 1. The van der Waals surface area contributed by atoms with E-state index in [0.717, 1.165) is 38.1 Å². The van der Waals surface area contributed by atoms with Crippen LogP contribution in [0.5, 0.6) is 0 Å². The number of amides is 1. The van der Waals surface area contributed by atoms with Gasteiger partial charge in [0, 0.05) is 25.7 Å². The fourth-order valence-corrected chi connectivity index (χ4v) is 3.11. The number of carbonyl (C=O) groups excluding carboxylic acids is 1. The number of halogens is 2. The molecule has 0 aliphatic carbocycles. The van der Waals surface area contributed by atoms with E-state index in [0.29, 0.717) is 19.1 Å². The normalized spacial score (nSPS) is 22.9. The van der Waals surface area contributed by atoms with Gasteiger partial charge in [0.05, 0.1) is 11.3 Å². The molecule has 0 spiro atoms. The van der Waals surface area contributed by atoms with Gasteiger partial charge >= 0.3 is 0 Å². The van der Waals surface area contributed by atoms with E-state index in [1.807, 2.05) is 0 Å². The van der Waals surface area contributed by atoms with Crippen molar-refractivity contribution < 1.29 is 13.6 Å². The third kappa shape index (κ3) is 2.24. The molecule has 20 heavy (non-hydrogen) atoms. The summed E-state index contributed by atoms with van der Waals surface area (Å²) in [6.07, 6.45) is 2.19. The van der Waals surface area contributed by atoms with E-state index < -0.39 is 17.5 Å². The Labute approximate surface area is 116 Å². The number of hydrogen-bond acceptors (Lipinski definition) is 3. The maximum absolute atomic E-state index is 13.9. The predicted octanol–water partition coefficient (Wildman–Crippen LogP) is 1.47. The van der Waals surface area contributed by atoms with Gasteiger partial charge in [0.1, 0.15) is 5.82 Å². The molecule has 6 heteroatoms. The number of carbonyl (C=O) groups is 1. The molecule has 0 bridgehead atoms. The van der Waals surface area contributed by atoms with E-state index in [2.05, 4.69) is 4.90 Å². The molecule has 2 heterocycles. The molecular formula is C14H17F2N3O. The van der Waals surface area contributed by atoms with Gasteiger partial charge < -0.3 is 10.6 Å². The Bertz CT molecular complexity index is 549. The molecule has 2 fully saturated rings. The minimum atomic E-state index is -0.828. The Balaban J connectivity index is 1.82. The first-order chi connectivity index (χ1) is 9.56. The summed E-state index contributed by atoms with van der Waals surface area (Å²) in [6, 6.07) is 2.16. The highest BCUT2D eigenvalue weighted by Crippen LogP contribution is 2.24. The van der Waals surface area contributed by atoms with Gasteiger partial charge in [0.2, 0.25) is 0 Å². The first kappa shape index (κ1) is 13.3. The zero-order valence-corrected chi connectivity index (χ0v) is 11.1. The van der Waals surface area contributed by atoms with Crippen molar-refractivity contribution in [3.63, 3.8) is 0 Å². The van der Waals surface area contributed by atoms with E-state index in [1.165, 1.54) is 0 Å². The van der Waals surface area contributed by atoms with Gasteiger partial charge in [-0.25, -0.2) is 8.78 Å². The molecule has 1 aromatic rings. The van der Waals surface area contributed by atoms with Gasteiger partial charge in [0.15, 0.2) is 5.82 Å². The third-order valence-corrected chi connectivity index (χ3v) is 4.17. The SMILES string of the molecule is Nc1cc(F)cc(C(=O)N2CCN3CCCC3C2)c1F. The zero-order valence-electron chi connectivity index (χ0n) is 11.1. The first-order valence-electron chi connectivity index (χ1n) is 6.84. The lowest BCUT2D eigenvalue weighted by Crippen LogP contribution is -2.52. The molecule has 1 unspecified atom stereocenters. The molecule has 0 radical (unpaired) electrons. The first-order valence-corrected chi connectivity index (χ1v) is 6.84. The van der Waals surface area contributed by atoms with Gasteiger partial charge in [-0.3, -0.25) is 9.69 Å². The lowest BCUT2D eigenvalue weighted by atomic mass is 10.1. The number of nitrogens with two attached hydrogens (primary N) is 1. The molecule has 1 amide bonds. The number of benzene rings is 1. The minimum absolute atomic E-state index is 0.269. The highest BCUT2D eigenvalue weighted by molar-refractivity contribution is 5.95. The van der Waals surface area contributed by atoms with Crippen LogP contribution in [0.2, 0.25) is 0 Å². The summed E-state index contributed by atoms with van der Waals surface area (Å²) in [4.78, 5) is 16.3. The van der Waals surface area contributed by atoms with Crippen molar-refractivity contribution in [2.45, 2.75) is 18.9 Å². The quantitative estimate of drug-likeness (QED) is 0.793. The maximum atomic E-state index is 13.9. The van der Waals surface area contributed by atoms with Crippen LogP contribution in [0.3, 0.4) is 0 Å². The average Bonchev–Trinajstić information content (AvgIpc) is 2.89. The molecule has 108 valence electrons. The molecule has 1 aromatic carbocycles. The molecule has 4 nitrogen and oxygen atoms in total. The average molecular weight is 281 g/mol. The van der Waals surface area contributed by atoms with E-state index in [9.17, 15) is 13.6 Å². The minimum Gasteiger partial charge on any atom is -0.396 e. The standard InChI is InChI=1S/C14H17F2N3O/c15-9-6-11(13(16)12(17)7-9)14(20)19-5-4-18-3-1-2-10(18)8-19/h6-7,10H,1-5,8,17H2. The van der Waals surface area contributed by atoms with Crippen LogP contribution in [-0.4, -0.2) is 47.9 Å². The number of rotatable bonds is 1. The highest BCUT2D eigenvalue weighted by Gasteiger charge is 2.33. The van der Waals surface area contributed by atoms with E-state index in [1.54, 1.807) is 4.90 Å². The summed E-state index contributed by atoms with van der Waals surface area (Å²) in [5.74, 6) is -1.99. The molecule has 1 atom stereocenters. The second kappa shape index (κ2) is 5.01. The Kier molecular flexibility index (Phi) is 3.33. The Morgan fingerprint density at radius 3 is 2.85 bits per heavy atom. The number of nitrogens with zero attached hydrogens (tertiary/aromatic N) is 2. The van der Waals surface area contributed by atoms with Crippen molar-refractivity contribution in [3.05, 3.63) is 29.3 Å². The molecule has 0 saturated carbocycles. The Hall–Kier alpha value is -1.69. The largest absolute Gasteiger partial charge is 0.396 e. The third-order valence-electron chi connectivity index (χ3n) is 4.17. The molecular weight excluding hydrogens is 264 g/mol. The second-order valence-corrected chi connectivity index (χ2v) is 5.44. The zero-order chi connectivity index (χ0) is 14.3. The number of anilines is 1. The fraction of sp³-hybridized carbons (Fsp3) is 0.500. The van der Waals surface area contributed by atoms with Crippen molar-refractivity contribution in [1.29, 1.82) is 0 Å². The summed E-state index contributed by atoms with van der Waals surface area (Å²) < 4.78 is 27.2. The van der Waals surface area contributed by atoms with Crippen LogP contribution >= 0.6 is 0 Å². The van der Waals surface area contributed by atoms with Crippen molar-refractivity contribution >= 4 is 11.6 Å². The fourth-order valence-electron chi connectivity index (χ4n) is 3.11. The van der Waals surface area contributed by atoms with Crippen molar-refractivity contribution in [1.82, 2.24) is 9.80 Å². The number of hydrogen-bond donors (Lipinski definition) is 1. The maximum Gasteiger partial charge on any atom is 0.257 e. The lowest BCUT2D eigenvalue weighted by Gasteiger charge is -2.37. The molecule has 2 saturated heterocycles. The van der Waals surface area contributed by atoms with E-state index in [4.69, 9.17) is 5.73 Å². The van der Waals surface area contributed by atoms with Gasteiger partial charge in [0.25, 0.3) is 5.91 Å². The number of nitrogen functional groups attached to an aromatic ring is 1. The lowest BCUT2D eigenvalue weighted by molar-refractivity contribution is 0.0566. The van der Waals surface area contributed by atoms with Gasteiger partial charge in [-0.15, -0.1) is 0 Å². The predicted molar refractivity (Wildman–Crippen MR) is 71.3 cm³/mol. The van der Waals surface area contributed by atoms with Crippen molar-refractivity contribution in [2.24, 2.45) is 0 Å². The monoisotopic (exact) mass is 281 g/mol. The summed E-state index contributed by atoms with van der Waals surface area (Å²) in [7, 11) is 0. The summed E-state index contributed by atoms with van der Waals surface area (Å²) in [5, 5.41) is 0. The molecule has 3 rings (SSSR count). The van der Waals surface area contributed by atoms with Crippen LogP contribution in [0.15, 0.2) is 12.1 Å². The topological polar surface area (TPSA) is 49.6 Å². The van der Waals surface area contributed by atoms with Crippen LogP contribution < -0.4 is 5.73 Å².